The minimum atomic E-state index is -0.824. The number of nitrogens with zero attached hydrogens (tertiary/aromatic N) is 1. The van der Waals surface area contributed by atoms with Crippen molar-refractivity contribution in [2.24, 2.45) is 0 Å². The van der Waals surface area contributed by atoms with Gasteiger partial charge < -0.3 is 15.7 Å². The molecule has 0 aliphatic carbocycles. The van der Waals surface area contributed by atoms with Crippen molar-refractivity contribution in [1.82, 2.24) is 10.6 Å². The second-order valence-corrected chi connectivity index (χ2v) is 4.27. The number of urea groups is 1. The van der Waals surface area contributed by atoms with E-state index in [-0.39, 0.29) is 12.5 Å². The fraction of sp³-hybridized carbons (Fsp3) is 0.357. The van der Waals surface area contributed by atoms with Crippen molar-refractivity contribution in [2.75, 3.05) is 6.54 Å². The number of rotatable bonds is 7. The van der Waals surface area contributed by atoms with Gasteiger partial charge in [-0.3, -0.25) is 4.79 Å². The van der Waals surface area contributed by atoms with Gasteiger partial charge in [0.25, 0.3) is 0 Å². The van der Waals surface area contributed by atoms with Crippen LogP contribution in [0.5, 0.6) is 0 Å². The summed E-state index contributed by atoms with van der Waals surface area (Å²) in [5, 5.41) is 22.4. The van der Waals surface area contributed by atoms with E-state index in [2.05, 4.69) is 10.6 Å². The van der Waals surface area contributed by atoms with Crippen molar-refractivity contribution in [2.45, 2.75) is 25.8 Å². The summed E-state index contributed by atoms with van der Waals surface area (Å²) in [5.74, 6) is -0.824. The Morgan fingerprint density at radius 1 is 1.15 bits per heavy atom. The summed E-state index contributed by atoms with van der Waals surface area (Å²) in [7, 11) is 0. The summed E-state index contributed by atoms with van der Waals surface area (Å²) in [6, 6.07) is 8.70. The first kappa shape index (κ1) is 15.5. The number of benzene rings is 1. The van der Waals surface area contributed by atoms with E-state index < -0.39 is 5.97 Å². The SMILES string of the molecule is N#Cc1ccc(CNC(=O)NCCCCC(=O)O)cc1. The molecule has 106 valence electrons. The molecule has 6 heteroatoms. The molecule has 3 N–H and O–H groups in total. The Bertz CT molecular complexity index is 491. The highest BCUT2D eigenvalue weighted by molar-refractivity contribution is 5.73. The van der Waals surface area contributed by atoms with Crippen LogP contribution in [0.3, 0.4) is 0 Å². The molecule has 0 saturated heterocycles. The van der Waals surface area contributed by atoms with Gasteiger partial charge in [0.2, 0.25) is 0 Å². The van der Waals surface area contributed by atoms with E-state index in [1.165, 1.54) is 0 Å². The molecule has 0 unspecified atom stereocenters. The Morgan fingerprint density at radius 3 is 2.45 bits per heavy atom. The largest absolute Gasteiger partial charge is 0.481 e. The number of amides is 2. The highest BCUT2D eigenvalue weighted by Crippen LogP contribution is 2.02. The van der Waals surface area contributed by atoms with E-state index in [0.717, 1.165) is 5.56 Å². The van der Waals surface area contributed by atoms with Gasteiger partial charge >= 0.3 is 12.0 Å². The molecule has 0 fully saturated rings. The molecule has 0 radical (unpaired) electrons. The summed E-state index contributed by atoms with van der Waals surface area (Å²) >= 11 is 0. The Hall–Kier alpha value is -2.55. The molecule has 2 amide bonds. The van der Waals surface area contributed by atoms with Crippen molar-refractivity contribution in [3.63, 3.8) is 0 Å². The molecule has 0 bridgehead atoms. The Labute approximate surface area is 117 Å². The zero-order chi connectivity index (χ0) is 14.8. The van der Waals surface area contributed by atoms with Crippen molar-refractivity contribution >= 4 is 12.0 Å². The van der Waals surface area contributed by atoms with Crippen LogP contribution in [0, 0.1) is 11.3 Å². The third-order valence-electron chi connectivity index (χ3n) is 2.64. The van der Waals surface area contributed by atoms with Crippen LogP contribution in [0.25, 0.3) is 0 Å². The van der Waals surface area contributed by atoms with Crippen molar-refractivity contribution in [3.8, 4) is 6.07 Å². The molecule has 0 atom stereocenters. The highest BCUT2D eigenvalue weighted by atomic mass is 16.4. The fourth-order valence-corrected chi connectivity index (χ4v) is 1.55. The molecule has 20 heavy (non-hydrogen) atoms. The quantitative estimate of drug-likeness (QED) is 0.658. The van der Waals surface area contributed by atoms with E-state index in [1.807, 2.05) is 6.07 Å². The molecular weight excluding hydrogens is 258 g/mol. The Morgan fingerprint density at radius 2 is 1.85 bits per heavy atom. The number of aliphatic carboxylic acids is 1. The van der Waals surface area contributed by atoms with Crippen LogP contribution in [0.1, 0.15) is 30.4 Å². The molecule has 0 aliphatic heterocycles. The predicted molar refractivity (Wildman–Crippen MR) is 72.9 cm³/mol. The number of nitriles is 1. The van der Waals surface area contributed by atoms with Gasteiger partial charge in [0.15, 0.2) is 0 Å². The number of carboxylic acids is 1. The van der Waals surface area contributed by atoms with Gasteiger partial charge in [-0.05, 0) is 30.5 Å². The summed E-state index contributed by atoms with van der Waals surface area (Å²) in [6.45, 7) is 0.832. The van der Waals surface area contributed by atoms with Gasteiger partial charge in [-0.25, -0.2) is 4.79 Å². The average Bonchev–Trinajstić information content (AvgIpc) is 2.45. The number of nitrogens with one attached hydrogen (secondary N) is 2. The first-order chi connectivity index (χ1) is 9.61. The lowest BCUT2D eigenvalue weighted by atomic mass is 10.1. The molecular formula is C14H17N3O3. The van der Waals surface area contributed by atoms with Gasteiger partial charge in [-0.2, -0.15) is 5.26 Å². The lowest BCUT2D eigenvalue weighted by Gasteiger charge is -2.07. The zero-order valence-corrected chi connectivity index (χ0v) is 11.1. The number of carbonyl (C=O) groups excluding carboxylic acids is 1. The van der Waals surface area contributed by atoms with Crippen molar-refractivity contribution in [1.29, 1.82) is 5.26 Å². The first-order valence-electron chi connectivity index (χ1n) is 6.34. The molecule has 0 saturated carbocycles. The van der Waals surface area contributed by atoms with Gasteiger partial charge in [0, 0.05) is 19.5 Å². The van der Waals surface area contributed by atoms with Crippen LogP contribution in [0.15, 0.2) is 24.3 Å². The molecule has 0 aliphatic rings. The van der Waals surface area contributed by atoms with Gasteiger partial charge in [0.1, 0.15) is 0 Å². The third-order valence-corrected chi connectivity index (χ3v) is 2.64. The second-order valence-electron chi connectivity index (χ2n) is 4.27. The molecule has 6 nitrogen and oxygen atoms in total. The lowest BCUT2D eigenvalue weighted by Crippen LogP contribution is -2.35. The van der Waals surface area contributed by atoms with Crippen LogP contribution >= 0.6 is 0 Å². The highest BCUT2D eigenvalue weighted by Gasteiger charge is 2.01. The minimum absolute atomic E-state index is 0.120. The molecule has 0 aromatic heterocycles. The van der Waals surface area contributed by atoms with E-state index in [0.29, 0.717) is 31.5 Å². The topological polar surface area (TPSA) is 102 Å². The van der Waals surface area contributed by atoms with Gasteiger partial charge in [0.05, 0.1) is 11.6 Å². The summed E-state index contributed by atoms with van der Waals surface area (Å²) in [4.78, 5) is 21.7. The predicted octanol–water partition coefficient (Wildman–Crippen LogP) is 1.61. The van der Waals surface area contributed by atoms with E-state index in [4.69, 9.17) is 10.4 Å². The maximum atomic E-state index is 11.4. The number of carbonyl (C=O) groups is 2. The molecule has 0 heterocycles. The van der Waals surface area contributed by atoms with Gasteiger partial charge in [-0.1, -0.05) is 12.1 Å². The maximum absolute atomic E-state index is 11.4. The van der Waals surface area contributed by atoms with E-state index in [1.54, 1.807) is 24.3 Å². The fourth-order valence-electron chi connectivity index (χ4n) is 1.55. The first-order valence-corrected chi connectivity index (χ1v) is 6.34. The van der Waals surface area contributed by atoms with E-state index >= 15 is 0 Å². The van der Waals surface area contributed by atoms with Crippen LogP contribution in [0.4, 0.5) is 4.79 Å². The summed E-state index contributed by atoms with van der Waals surface area (Å²) in [6.07, 6.45) is 1.30. The van der Waals surface area contributed by atoms with E-state index in [9.17, 15) is 9.59 Å². The Kier molecular flexibility index (Phi) is 6.62. The number of unbranched alkanes of at least 4 members (excludes halogenated alkanes) is 1. The smallest absolute Gasteiger partial charge is 0.315 e. The molecule has 1 rings (SSSR count). The molecule has 1 aromatic carbocycles. The summed E-state index contributed by atoms with van der Waals surface area (Å²) in [5.41, 5.74) is 1.49. The maximum Gasteiger partial charge on any atom is 0.315 e. The van der Waals surface area contributed by atoms with Crippen LogP contribution in [-0.2, 0) is 11.3 Å². The van der Waals surface area contributed by atoms with Crippen LogP contribution in [0.2, 0.25) is 0 Å². The Balaban J connectivity index is 2.16. The van der Waals surface area contributed by atoms with Crippen LogP contribution < -0.4 is 10.6 Å². The lowest BCUT2D eigenvalue weighted by molar-refractivity contribution is -0.137. The monoisotopic (exact) mass is 275 g/mol. The van der Waals surface area contributed by atoms with Crippen molar-refractivity contribution < 1.29 is 14.7 Å². The zero-order valence-electron chi connectivity index (χ0n) is 11.1. The standard InChI is InChI=1S/C14H17N3O3/c15-9-11-4-6-12(7-5-11)10-17-14(20)16-8-2-1-3-13(18)19/h4-7H,1-3,8,10H2,(H,18,19)(H2,16,17,20). The summed E-state index contributed by atoms with van der Waals surface area (Å²) < 4.78 is 0. The normalized spacial score (nSPS) is 9.55. The second kappa shape index (κ2) is 8.53. The number of hydrogen-bond acceptors (Lipinski definition) is 3. The minimum Gasteiger partial charge on any atom is -0.481 e. The average molecular weight is 275 g/mol. The van der Waals surface area contributed by atoms with Crippen molar-refractivity contribution in [3.05, 3.63) is 35.4 Å². The number of hydrogen-bond donors (Lipinski definition) is 3. The third kappa shape index (κ3) is 6.40. The van der Waals surface area contributed by atoms with Gasteiger partial charge in [-0.15, -0.1) is 0 Å². The van der Waals surface area contributed by atoms with Crippen LogP contribution in [-0.4, -0.2) is 23.7 Å². The molecule has 0 spiro atoms. The molecule has 1 aromatic rings. The number of carboxylic acid groups (broad SMARTS) is 1.